The van der Waals surface area contributed by atoms with E-state index in [2.05, 4.69) is 44.1 Å². The summed E-state index contributed by atoms with van der Waals surface area (Å²) in [5.74, 6) is 0.167. The van der Waals surface area contributed by atoms with Crippen molar-refractivity contribution in [1.29, 1.82) is 5.41 Å². The predicted octanol–water partition coefficient (Wildman–Crippen LogP) is 3.51. The third-order valence-electron chi connectivity index (χ3n) is 7.57. The van der Waals surface area contributed by atoms with Gasteiger partial charge in [-0.25, -0.2) is 0 Å². The van der Waals surface area contributed by atoms with Gasteiger partial charge in [-0.15, -0.1) is 0 Å². The van der Waals surface area contributed by atoms with Gasteiger partial charge in [-0.1, -0.05) is 47.6 Å². The van der Waals surface area contributed by atoms with Gasteiger partial charge in [-0.2, -0.15) is 0 Å². The second-order valence-corrected chi connectivity index (χ2v) is 10.0. The second kappa shape index (κ2) is 11.1. The molecule has 0 saturated carbocycles. The highest BCUT2D eigenvalue weighted by Crippen LogP contribution is 2.24. The lowest BCUT2D eigenvalue weighted by molar-refractivity contribution is -0.138. The standard InChI is InChI=1S/C28H35N5O3/c29-28(33-16-14-32(15-17-33)24-4-2-1-3-5-24)23-8-6-22(7-9-23)26-19-25(36-30-26)20-31-12-10-21(11-13-31)18-27(34)35/h1-9,21,25,29H,10-20H2,(H,34,35). The topological polar surface area (TPSA) is 92.5 Å². The van der Waals surface area contributed by atoms with Gasteiger partial charge < -0.3 is 19.7 Å². The summed E-state index contributed by atoms with van der Waals surface area (Å²) >= 11 is 0. The van der Waals surface area contributed by atoms with Crippen molar-refractivity contribution >= 4 is 23.2 Å². The lowest BCUT2D eigenvalue weighted by Gasteiger charge is -2.37. The molecule has 190 valence electrons. The van der Waals surface area contributed by atoms with Crippen LogP contribution < -0.4 is 4.90 Å². The smallest absolute Gasteiger partial charge is 0.303 e. The van der Waals surface area contributed by atoms with Gasteiger partial charge in [0.1, 0.15) is 11.9 Å². The van der Waals surface area contributed by atoms with Gasteiger partial charge in [0, 0.05) is 56.8 Å². The van der Waals surface area contributed by atoms with Crippen molar-refractivity contribution < 1.29 is 14.7 Å². The lowest BCUT2D eigenvalue weighted by atomic mass is 9.93. The number of anilines is 1. The normalized spacial score (nSPS) is 21.2. The first kappa shape index (κ1) is 24.3. The molecule has 0 amide bonds. The number of carboxylic acids is 1. The van der Waals surface area contributed by atoms with E-state index in [-0.39, 0.29) is 12.5 Å². The van der Waals surface area contributed by atoms with E-state index in [4.69, 9.17) is 15.4 Å². The molecule has 0 aromatic heterocycles. The zero-order chi connectivity index (χ0) is 24.9. The number of oxime groups is 1. The first-order valence-corrected chi connectivity index (χ1v) is 13.0. The number of nitrogens with one attached hydrogen (secondary N) is 1. The van der Waals surface area contributed by atoms with Crippen LogP contribution in [-0.2, 0) is 9.63 Å². The fraction of sp³-hybridized carbons (Fsp3) is 0.464. The molecule has 2 fully saturated rings. The van der Waals surface area contributed by atoms with Crippen LogP contribution in [0.4, 0.5) is 5.69 Å². The van der Waals surface area contributed by atoms with Crippen LogP contribution in [0.15, 0.2) is 59.8 Å². The minimum Gasteiger partial charge on any atom is -0.481 e. The minimum absolute atomic E-state index is 0.0370. The van der Waals surface area contributed by atoms with E-state index in [1.54, 1.807) is 0 Å². The van der Waals surface area contributed by atoms with Crippen molar-refractivity contribution in [1.82, 2.24) is 9.80 Å². The fourth-order valence-electron chi connectivity index (χ4n) is 5.43. The maximum atomic E-state index is 10.9. The summed E-state index contributed by atoms with van der Waals surface area (Å²) in [6.45, 7) is 6.17. The molecule has 0 aliphatic carbocycles. The Kier molecular flexibility index (Phi) is 7.51. The van der Waals surface area contributed by atoms with Crippen LogP contribution in [0.2, 0.25) is 0 Å². The third kappa shape index (κ3) is 5.87. The molecule has 1 atom stereocenters. The molecule has 5 rings (SSSR count). The van der Waals surface area contributed by atoms with E-state index in [9.17, 15) is 4.79 Å². The van der Waals surface area contributed by atoms with Crippen molar-refractivity contribution in [2.45, 2.75) is 31.8 Å². The van der Waals surface area contributed by atoms with Gasteiger partial charge in [0.25, 0.3) is 0 Å². The Labute approximate surface area is 212 Å². The number of piperazine rings is 1. The number of piperidine rings is 1. The number of carboxylic acid groups (broad SMARTS) is 1. The van der Waals surface area contributed by atoms with Crippen LogP contribution in [0, 0.1) is 11.3 Å². The van der Waals surface area contributed by atoms with Crippen LogP contribution >= 0.6 is 0 Å². The molecule has 1 unspecified atom stereocenters. The molecule has 2 aromatic carbocycles. The van der Waals surface area contributed by atoms with Crippen LogP contribution in [0.3, 0.4) is 0 Å². The first-order chi connectivity index (χ1) is 17.5. The number of nitrogens with zero attached hydrogens (tertiary/aromatic N) is 4. The number of amidine groups is 1. The van der Waals surface area contributed by atoms with E-state index < -0.39 is 5.97 Å². The van der Waals surface area contributed by atoms with Crippen LogP contribution in [0.1, 0.15) is 36.8 Å². The molecule has 2 aromatic rings. The van der Waals surface area contributed by atoms with Gasteiger partial charge in [0.05, 0.1) is 5.71 Å². The number of para-hydroxylation sites is 1. The Morgan fingerprint density at radius 2 is 1.67 bits per heavy atom. The SMILES string of the molecule is N=C(c1ccc(C2=NOC(CN3CCC(CC(=O)O)CC3)C2)cc1)N1CCN(c2ccccc2)CC1. The molecule has 3 heterocycles. The van der Waals surface area contributed by atoms with Crippen LogP contribution in [-0.4, -0.2) is 84.3 Å². The minimum atomic E-state index is -0.697. The van der Waals surface area contributed by atoms with E-state index in [0.717, 1.165) is 81.9 Å². The number of carbonyl (C=O) groups is 1. The van der Waals surface area contributed by atoms with E-state index in [1.165, 1.54) is 5.69 Å². The summed E-state index contributed by atoms with van der Waals surface area (Å²) in [7, 11) is 0. The molecule has 0 bridgehead atoms. The summed E-state index contributed by atoms with van der Waals surface area (Å²) in [6.07, 6.45) is 2.95. The number of rotatable bonds is 7. The zero-order valence-electron chi connectivity index (χ0n) is 20.7. The molecule has 8 heteroatoms. The fourth-order valence-corrected chi connectivity index (χ4v) is 5.43. The Balaban J connectivity index is 1.08. The predicted molar refractivity (Wildman–Crippen MR) is 141 cm³/mol. The molecule has 0 radical (unpaired) electrons. The van der Waals surface area contributed by atoms with E-state index in [1.807, 2.05) is 30.3 Å². The molecular weight excluding hydrogens is 454 g/mol. The molecule has 36 heavy (non-hydrogen) atoms. The third-order valence-corrected chi connectivity index (χ3v) is 7.57. The maximum Gasteiger partial charge on any atom is 0.303 e. The van der Waals surface area contributed by atoms with Gasteiger partial charge >= 0.3 is 5.97 Å². The Bertz CT molecular complexity index is 1070. The van der Waals surface area contributed by atoms with Crippen molar-refractivity contribution in [3.8, 4) is 0 Å². The van der Waals surface area contributed by atoms with E-state index in [0.29, 0.717) is 11.8 Å². The highest BCUT2D eigenvalue weighted by molar-refractivity contribution is 6.03. The molecule has 2 N–H and O–H groups in total. The summed E-state index contributed by atoms with van der Waals surface area (Å²) < 4.78 is 0. The summed E-state index contributed by atoms with van der Waals surface area (Å²) in [5.41, 5.74) is 4.17. The van der Waals surface area contributed by atoms with Crippen molar-refractivity contribution in [2.75, 3.05) is 50.7 Å². The number of hydrogen-bond acceptors (Lipinski definition) is 6. The van der Waals surface area contributed by atoms with Gasteiger partial charge in [0.15, 0.2) is 0 Å². The largest absolute Gasteiger partial charge is 0.481 e. The number of aliphatic carboxylic acids is 1. The molecule has 8 nitrogen and oxygen atoms in total. The van der Waals surface area contributed by atoms with Crippen molar-refractivity contribution in [3.05, 3.63) is 65.7 Å². The first-order valence-electron chi connectivity index (χ1n) is 13.0. The Morgan fingerprint density at radius 3 is 2.33 bits per heavy atom. The molecule has 2 saturated heterocycles. The number of likely N-dealkylation sites (tertiary alicyclic amines) is 1. The summed E-state index contributed by atoms with van der Waals surface area (Å²) in [6, 6.07) is 18.6. The quantitative estimate of drug-likeness (QED) is 0.457. The lowest BCUT2D eigenvalue weighted by Crippen LogP contribution is -2.48. The molecule has 3 aliphatic heterocycles. The van der Waals surface area contributed by atoms with Crippen LogP contribution in [0.5, 0.6) is 0 Å². The monoisotopic (exact) mass is 489 g/mol. The van der Waals surface area contributed by atoms with E-state index >= 15 is 0 Å². The van der Waals surface area contributed by atoms with Gasteiger partial charge in [-0.3, -0.25) is 15.1 Å². The van der Waals surface area contributed by atoms with Gasteiger partial charge in [0.2, 0.25) is 0 Å². The van der Waals surface area contributed by atoms with Crippen molar-refractivity contribution in [2.24, 2.45) is 11.1 Å². The second-order valence-electron chi connectivity index (χ2n) is 10.0. The molecular formula is C28H35N5O3. The highest BCUT2D eigenvalue weighted by atomic mass is 16.6. The average molecular weight is 490 g/mol. The zero-order valence-corrected chi connectivity index (χ0v) is 20.7. The molecule has 3 aliphatic rings. The summed E-state index contributed by atoms with van der Waals surface area (Å²) in [5, 5.41) is 22.1. The summed E-state index contributed by atoms with van der Waals surface area (Å²) in [4.78, 5) is 23.6. The molecule has 0 spiro atoms. The number of hydrogen-bond donors (Lipinski definition) is 2. The maximum absolute atomic E-state index is 10.9. The van der Waals surface area contributed by atoms with Crippen molar-refractivity contribution in [3.63, 3.8) is 0 Å². The Morgan fingerprint density at radius 1 is 0.972 bits per heavy atom. The van der Waals surface area contributed by atoms with Crippen LogP contribution in [0.25, 0.3) is 0 Å². The Hall–Kier alpha value is -3.39. The number of benzene rings is 2. The highest BCUT2D eigenvalue weighted by Gasteiger charge is 2.28. The average Bonchev–Trinajstić information content (AvgIpc) is 3.38. The van der Waals surface area contributed by atoms with Gasteiger partial charge in [-0.05, 0) is 49.5 Å².